The lowest BCUT2D eigenvalue weighted by Crippen LogP contribution is -2.25. The van der Waals surface area contributed by atoms with Crippen LogP contribution in [0.5, 0.6) is 0 Å². The monoisotopic (exact) mass is 317 g/mol. The van der Waals surface area contributed by atoms with Crippen LogP contribution in [0, 0.1) is 0 Å². The van der Waals surface area contributed by atoms with Crippen LogP contribution in [0.1, 0.15) is 28.9 Å². The zero-order valence-electron chi connectivity index (χ0n) is 10.8. The summed E-state index contributed by atoms with van der Waals surface area (Å²) in [4.78, 5) is 12.0. The van der Waals surface area contributed by atoms with Crippen molar-refractivity contribution in [3.8, 4) is 0 Å². The summed E-state index contributed by atoms with van der Waals surface area (Å²) in [6.07, 6.45) is 0. The Hall–Kier alpha value is -1.45. The molecule has 0 aliphatic carbocycles. The molecule has 3 heteroatoms. The lowest BCUT2D eigenvalue weighted by Gasteiger charge is -2.13. The van der Waals surface area contributed by atoms with Crippen molar-refractivity contribution in [1.82, 2.24) is 5.32 Å². The second-order valence-electron chi connectivity index (χ2n) is 4.44. The second-order valence-corrected chi connectivity index (χ2v) is 5.36. The molecular weight excluding hydrogens is 302 g/mol. The zero-order valence-corrected chi connectivity index (χ0v) is 12.4. The summed E-state index contributed by atoms with van der Waals surface area (Å²) in [5, 5.41) is 3.25. The summed E-state index contributed by atoms with van der Waals surface area (Å²) in [5.74, 6) is 0.107. The first-order valence-corrected chi connectivity index (χ1v) is 7.03. The largest absolute Gasteiger partial charge is 0.303 e. The van der Waals surface area contributed by atoms with E-state index in [4.69, 9.17) is 0 Å². The van der Waals surface area contributed by atoms with Gasteiger partial charge in [0.2, 0.25) is 0 Å². The summed E-state index contributed by atoms with van der Waals surface area (Å²) in [6.45, 7) is 2.40. The van der Waals surface area contributed by atoms with E-state index in [0.29, 0.717) is 6.54 Å². The summed E-state index contributed by atoms with van der Waals surface area (Å²) >= 11 is 3.36. The normalized spacial score (nSPS) is 12.1. The molecule has 19 heavy (non-hydrogen) atoms. The first kappa shape index (κ1) is 14.0. The summed E-state index contributed by atoms with van der Waals surface area (Å²) < 4.78 is 0.981. The van der Waals surface area contributed by atoms with E-state index in [9.17, 15) is 4.79 Å². The topological polar surface area (TPSA) is 29.1 Å². The van der Waals surface area contributed by atoms with Gasteiger partial charge < -0.3 is 5.32 Å². The number of Topliss-reactive ketones (excluding diaryl/α,β-unsaturated/α-hetero) is 1. The van der Waals surface area contributed by atoms with Gasteiger partial charge in [-0.3, -0.25) is 4.79 Å². The fraction of sp³-hybridized carbons (Fsp3) is 0.188. The van der Waals surface area contributed by atoms with Crippen molar-refractivity contribution in [2.75, 3.05) is 6.54 Å². The Morgan fingerprint density at radius 3 is 2.37 bits per heavy atom. The average Bonchev–Trinajstić information content (AvgIpc) is 2.46. The van der Waals surface area contributed by atoms with Crippen LogP contribution in [-0.4, -0.2) is 12.3 Å². The van der Waals surface area contributed by atoms with Crippen LogP contribution < -0.4 is 5.32 Å². The third-order valence-electron chi connectivity index (χ3n) is 3.03. The molecule has 0 saturated heterocycles. The molecule has 1 atom stereocenters. The molecular formula is C16H16BrNO. The van der Waals surface area contributed by atoms with Gasteiger partial charge in [-0.2, -0.15) is 0 Å². The van der Waals surface area contributed by atoms with Gasteiger partial charge in [0, 0.05) is 16.1 Å². The summed E-state index contributed by atoms with van der Waals surface area (Å²) in [6, 6.07) is 17.7. The van der Waals surface area contributed by atoms with Gasteiger partial charge in [-0.15, -0.1) is 0 Å². The van der Waals surface area contributed by atoms with Crippen LogP contribution in [0.4, 0.5) is 0 Å². The highest BCUT2D eigenvalue weighted by Crippen LogP contribution is 2.13. The van der Waals surface area contributed by atoms with Gasteiger partial charge >= 0.3 is 0 Å². The first-order valence-electron chi connectivity index (χ1n) is 6.24. The Morgan fingerprint density at radius 1 is 1.11 bits per heavy atom. The highest BCUT2D eigenvalue weighted by Gasteiger charge is 2.09. The molecule has 0 aromatic heterocycles. The minimum Gasteiger partial charge on any atom is -0.303 e. The Morgan fingerprint density at radius 2 is 1.74 bits per heavy atom. The molecule has 0 saturated carbocycles. The fourth-order valence-electron chi connectivity index (χ4n) is 1.84. The summed E-state index contributed by atoms with van der Waals surface area (Å²) in [5.41, 5.74) is 1.92. The molecule has 1 N–H and O–H groups in total. The smallest absolute Gasteiger partial charge is 0.176 e. The maximum Gasteiger partial charge on any atom is 0.176 e. The second kappa shape index (κ2) is 6.64. The van der Waals surface area contributed by atoms with Crippen LogP contribution in [0.25, 0.3) is 0 Å². The number of benzene rings is 2. The molecule has 0 amide bonds. The molecule has 0 radical (unpaired) electrons. The Labute approximate surface area is 122 Å². The van der Waals surface area contributed by atoms with Crippen LogP contribution in [0.3, 0.4) is 0 Å². The Bertz CT molecular complexity index is 536. The molecule has 2 rings (SSSR count). The fourth-order valence-corrected chi connectivity index (χ4v) is 2.11. The van der Waals surface area contributed by atoms with Gasteiger partial charge in [0.15, 0.2) is 5.78 Å². The van der Waals surface area contributed by atoms with Gasteiger partial charge in [0.1, 0.15) is 0 Å². The van der Waals surface area contributed by atoms with Crippen molar-refractivity contribution >= 4 is 21.7 Å². The molecule has 0 aliphatic rings. The molecule has 2 aromatic carbocycles. The quantitative estimate of drug-likeness (QED) is 0.845. The number of hydrogen-bond donors (Lipinski definition) is 1. The van der Waals surface area contributed by atoms with E-state index in [1.54, 1.807) is 0 Å². The number of carbonyl (C=O) groups is 1. The third kappa shape index (κ3) is 4.01. The van der Waals surface area contributed by atoms with Crippen LogP contribution >= 0.6 is 15.9 Å². The molecule has 0 aliphatic heterocycles. The average molecular weight is 318 g/mol. The van der Waals surface area contributed by atoms with Gasteiger partial charge in [0.05, 0.1) is 6.54 Å². The number of hydrogen-bond acceptors (Lipinski definition) is 2. The SMILES string of the molecule is C[C@@H](NCC(=O)c1ccc(Br)cc1)c1ccccc1. The number of halogens is 1. The van der Waals surface area contributed by atoms with Gasteiger partial charge in [-0.25, -0.2) is 0 Å². The lowest BCUT2D eigenvalue weighted by molar-refractivity contribution is 0.0988. The number of rotatable bonds is 5. The van der Waals surface area contributed by atoms with Gasteiger partial charge in [0.25, 0.3) is 0 Å². The molecule has 0 fully saturated rings. The van der Waals surface area contributed by atoms with E-state index >= 15 is 0 Å². The Balaban J connectivity index is 1.92. The molecule has 2 nitrogen and oxygen atoms in total. The summed E-state index contributed by atoms with van der Waals surface area (Å²) in [7, 11) is 0. The maximum absolute atomic E-state index is 12.0. The predicted octanol–water partition coefficient (Wildman–Crippen LogP) is 3.98. The molecule has 0 unspecified atom stereocenters. The van der Waals surface area contributed by atoms with Crippen LogP contribution in [-0.2, 0) is 0 Å². The predicted molar refractivity (Wildman–Crippen MR) is 81.3 cm³/mol. The molecule has 2 aromatic rings. The number of nitrogens with one attached hydrogen (secondary N) is 1. The van der Waals surface area contributed by atoms with E-state index in [2.05, 4.69) is 40.3 Å². The molecule has 0 spiro atoms. The highest BCUT2D eigenvalue weighted by molar-refractivity contribution is 9.10. The van der Waals surface area contributed by atoms with Crippen molar-refractivity contribution in [3.05, 3.63) is 70.2 Å². The third-order valence-corrected chi connectivity index (χ3v) is 3.56. The molecule has 0 heterocycles. The van der Waals surface area contributed by atoms with Crippen molar-refractivity contribution < 1.29 is 4.79 Å². The zero-order chi connectivity index (χ0) is 13.7. The highest BCUT2D eigenvalue weighted by atomic mass is 79.9. The van der Waals surface area contributed by atoms with Gasteiger partial charge in [-0.1, -0.05) is 58.4 Å². The van der Waals surface area contributed by atoms with E-state index in [1.165, 1.54) is 5.56 Å². The van der Waals surface area contributed by atoms with Crippen molar-refractivity contribution in [3.63, 3.8) is 0 Å². The number of ketones is 1. The van der Waals surface area contributed by atoms with Crippen molar-refractivity contribution in [2.24, 2.45) is 0 Å². The molecule has 0 bridgehead atoms. The van der Waals surface area contributed by atoms with Crippen molar-refractivity contribution in [2.45, 2.75) is 13.0 Å². The molecule has 98 valence electrons. The maximum atomic E-state index is 12.0. The van der Waals surface area contributed by atoms with E-state index in [-0.39, 0.29) is 11.8 Å². The Kier molecular flexibility index (Phi) is 4.88. The van der Waals surface area contributed by atoms with E-state index < -0.39 is 0 Å². The first-order chi connectivity index (χ1) is 9.16. The van der Waals surface area contributed by atoms with Crippen molar-refractivity contribution in [1.29, 1.82) is 0 Å². The van der Waals surface area contributed by atoms with Crippen LogP contribution in [0.15, 0.2) is 59.1 Å². The lowest BCUT2D eigenvalue weighted by atomic mass is 10.1. The number of carbonyl (C=O) groups excluding carboxylic acids is 1. The minimum atomic E-state index is 0.107. The van der Waals surface area contributed by atoms with Gasteiger partial charge in [-0.05, 0) is 24.6 Å². The van der Waals surface area contributed by atoms with E-state index in [0.717, 1.165) is 10.0 Å². The minimum absolute atomic E-state index is 0.107. The van der Waals surface area contributed by atoms with E-state index in [1.807, 2.05) is 42.5 Å². The van der Waals surface area contributed by atoms with Crippen LogP contribution in [0.2, 0.25) is 0 Å². The standard InChI is InChI=1S/C16H16BrNO/c1-12(13-5-3-2-4-6-13)18-11-16(19)14-7-9-15(17)10-8-14/h2-10,12,18H,11H2,1H3/t12-/m1/s1.